The molecular weight excluding hydrogens is 417 g/mol. The van der Waals surface area contributed by atoms with Crippen molar-refractivity contribution in [1.82, 2.24) is 0 Å². The SMILES string of the molecule is CCCCCC(N)Nc1cc(S(=O)(=O)[O-])c(N)c2c1C(=O)c1ccccc1C2=O.[Na+]. The number of fused-ring (bicyclic) bond motifs is 2. The van der Waals surface area contributed by atoms with E-state index in [9.17, 15) is 22.6 Å². The number of hydrogen-bond acceptors (Lipinski definition) is 8. The summed E-state index contributed by atoms with van der Waals surface area (Å²) in [5, 5.41) is 2.90. The number of unbranched alkanes of at least 4 members (excludes halogenated alkanes) is 2. The van der Waals surface area contributed by atoms with E-state index in [0.29, 0.717) is 6.42 Å². The molecule has 0 radical (unpaired) electrons. The molecule has 2 aromatic rings. The summed E-state index contributed by atoms with van der Waals surface area (Å²) in [4.78, 5) is 25.4. The van der Waals surface area contributed by atoms with Crippen molar-refractivity contribution in [3.8, 4) is 0 Å². The Hall–Kier alpha value is -1.75. The van der Waals surface area contributed by atoms with Crippen LogP contribution in [0.1, 0.15) is 64.4 Å². The number of nitrogen functional groups attached to an aromatic ring is 1. The van der Waals surface area contributed by atoms with Gasteiger partial charge in [-0.15, -0.1) is 0 Å². The smallest absolute Gasteiger partial charge is 0.744 e. The third-order valence-corrected chi connectivity index (χ3v) is 5.81. The van der Waals surface area contributed by atoms with E-state index in [2.05, 4.69) is 5.32 Å². The molecule has 1 aliphatic rings. The summed E-state index contributed by atoms with van der Waals surface area (Å²) >= 11 is 0. The molecule has 10 heteroatoms. The van der Waals surface area contributed by atoms with Gasteiger partial charge in [0.2, 0.25) is 0 Å². The number of carbonyl (C=O) groups excluding carboxylic acids is 2. The second kappa shape index (κ2) is 9.59. The van der Waals surface area contributed by atoms with E-state index < -0.39 is 38.4 Å². The Morgan fingerprint density at radius 1 is 1.07 bits per heavy atom. The Kier molecular flexibility index (Phi) is 7.84. The number of carbonyl (C=O) groups is 2. The number of rotatable bonds is 7. The Balaban J connectivity index is 0.00000320. The molecule has 0 saturated carbocycles. The normalized spacial score (nSPS) is 13.8. The fourth-order valence-corrected chi connectivity index (χ4v) is 4.13. The summed E-state index contributed by atoms with van der Waals surface area (Å²) in [6, 6.07) is 7.17. The van der Waals surface area contributed by atoms with Gasteiger partial charge in [-0.05, 0) is 12.5 Å². The van der Waals surface area contributed by atoms with Crippen LogP contribution in [0.2, 0.25) is 0 Å². The zero-order valence-corrected chi connectivity index (χ0v) is 19.7. The van der Waals surface area contributed by atoms with E-state index in [0.717, 1.165) is 25.3 Å². The maximum atomic E-state index is 13.1. The summed E-state index contributed by atoms with van der Waals surface area (Å²) in [6.07, 6.45) is 2.73. The monoisotopic (exact) mass is 439 g/mol. The molecule has 0 fully saturated rings. The minimum Gasteiger partial charge on any atom is -0.744 e. The molecule has 0 amide bonds. The molecule has 0 aromatic heterocycles. The summed E-state index contributed by atoms with van der Waals surface area (Å²) in [7, 11) is -4.98. The Morgan fingerprint density at radius 2 is 1.63 bits per heavy atom. The van der Waals surface area contributed by atoms with Crippen molar-refractivity contribution in [2.45, 2.75) is 43.7 Å². The van der Waals surface area contributed by atoms with Gasteiger partial charge < -0.3 is 21.3 Å². The van der Waals surface area contributed by atoms with Gasteiger partial charge in [0, 0.05) is 16.8 Å². The average Bonchev–Trinajstić information content (AvgIpc) is 2.66. The summed E-state index contributed by atoms with van der Waals surface area (Å²) in [6.45, 7) is 2.04. The minimum atomic E-state index is -4.98. The minimum absolute atomic E-state index is 0. The topological polar surface area (TPSA) is 155 Å². The molecular formula is C20H22N3NaO5S. The zero-order valence-electron chi connectivity index (χ0n) is 16.9. The van der Waals surface area contributed by atoms with Crippen molar-refractivity contribution in [3.63, 3.8) is 0 Å². The van der Waals surface area contributed by atoms with Crippen LogP contribution in [0.25, 0.3) is 0 Å². The van der Waals surface area contributed by atoms with Gasteiger partial charge in [0.25, 0.3) is 0 Å². The van der Waals surface area contributed by atoms with Crippen LogP contribution in [0, 0.1) is 0 Å². The first-order chi connectivity index (χ1) is 13.7. The van der Waals surface area contributed by atoms with E-state index in [1.807, 2.05) is 6.92 Å². The summed E-state index contributed by atoms with van der Waals surface area (Å²) < 4.78 is 35.2. The van der Waals surface area contributed by atoms with Gasteiger partial charge in [0.15, 0.2) is 11.6 Å². The number of nitrogens with one attached hydrogen (secondary N) is 1. The quantitative estimate of drug-likeness (QED) is 0.142. The van der Waals surface area contributed by atoms with Gasteiger partial charge in [0.05, 0.1) is 27.9 Å². The Bertz CT molecular complexity index is 1100. The molecule has 0 saturated heterocycles. The molecule has 0 heterocycles. The van der Waals surface area contributed by atoms with E-state index >= 15 is 0 Å². The molecule has 1 unspecified atom stereocenters. The van der Waals surface area contributed by atoms with Gasteiger partial charge >= 0.3 is 29.6 Å². The van der Waals surface area contributed by atoms with Gasteiger partial charge in [-0.2, -0.15) is 0 Å². The van der Waals surface area contributed by atoms with E-state index in [-0.39, 0.29) is 57.5 Å². The fourth-order valence-electron chi connectivity index (χ4n) is 3.50. The van der Waals surface area contributed by atoms with Crippen LogP contribution in [-0.4, -0.2) is 30.7 Å². The second-order valence-corrected chi connectivity index (χ2v) is 8.34. The molecule has 1 aliphatic carbocycles. The molecule has 0 aliphatic heterocycles. The van der Waals surface area contributed by atoms with Crippen LogP contribution in [0.4, 0.5) is 11.4 Å². The molecule has 3 rings (SSSR count). The Labute approximate surface area is 197 Å². The number of anilines is 2. The summed E-state index contributed by atoms with van der Waals surface area (Å²) in [5.41, 5.74) is 11.4. The van der Waals surface area contributed by atoms with Gasteiger partial charge in [0.1, 0.15) is 10.1 Å². The third-order valence-electron chi connectivity index (χ3n) is 4.93. The average molecular weight is 439 g/mol. The van der Waals surface area contributed by atoms with E-state index in [1.54, 1.807) is 12.1 Å². The number of hydrogen-bond donors (Lipinski definition) is 3. The second-order valence-electron chi connectivity index (χ2n) is 6.99. The zero-order chi connectivity index (χ0) is 21.3. The van der Waals surface area contributed by atoms with Gasteiger partial charge in [-0.3, -0.25) is 9.59 Å². The first kappa shape index (κ1) is 24.5. The van der Waals surface area contributed by atoms with Crippen molar-refractivity contribution in [3.05, 3.63) is 52.6 Å². The molecule has 8 nitrogen and oxygen atoms in total. The first-order valence-electron chi connectivity index (χ1n) is 9.29. The van der Waals surface area contributed by atoms with Crippen molar-refractivity contribution in [1.29, 1.82) is 0 Å². The fraction of sp³-hybridized carbons (Fsp3) is 0.300. The third kappa shape index (κ3) is 4.61. The van der Waals surface area contributed by atoms with Crippen LogP contribution in [0.15, 0.2) is 35.2 Å². The van der Waals surface area contributed by atoms with Crippen molar-refractivity contribution in [2.75, 3.05) is 11.1 Å². The number of ketones is 2. The van der Waals surface area contributed by atoms with E-state index in [1.165, 1.54) is 12.1 Å². The van der Waals surface area contributed by atoms with Crippen LogP contribution in [-0.2, 0) is 10.1 Å². The molecule has 2 aromatic carbocycles. The van der Waals surface area contributed by atoms with Gasteiger partial charge in [-0.25, -0.2) is 8.42 Å². The standard InChI is InChI=1S/C20H23N3O5S.Na/c1-2-3-4-9-15(21)23-13-10-14(29(26,27)28)18(22)17-16(13)19(24)11-7-5-6-8-12(11)20(17)25;/h5-8,10,15,23H,2-4,9,21-22H2,1H3,(H,26,27,28);/q;+1/p-1. The van der Waals surface area contributed by atoms with Crippen LogP contribution < -0.4 is 46.3 Å². The van der Waals surface area contributed by atoms with Crippen LogP contribution >= 0.6 is 0 Å². The van der Waals surface area contributed by atoms with Crippen molar-refractivity contribution < 1.29 is 52.1 Å². The maximum absolute atomic E-state index is 13.1. The maximum Gasteiger partial charge on any atom is 1.00 e. The summed E-state index contributed by atoms with van der Waals surface area (Å²) in [5.74, 6) is -1.10. The van der Waals surface area contributed by atoms with E-state index in [4.69, 9.17) is 11.5 Å². The molecule has 154 valence electrons. The predicted octanol–water partition coefficient (Wildman–Crippen LogP) is -0.771. The van der Waals surface area contributed by atoms with Gasteiger partial charge in [-0.1, -0.05) is 50.5 Å². The molecule has 5 N–H and O–H groups in total. The van der Waals surface area contributed by atoms with Crippen molar-refractivity contribution in [2.24, 2.45) is 5.73 Å². The van der Waals surface area contributed by atoms with Crippen LogP contribution in [0.3, 0.4) is 0 Å². The molecule has 0 bridgehead atoms. The largest absolute Gasteiger partial charge is 1.00 e. The van der Waals surface area contributed by atoms with Crippen molar-refractivity contribution >= 4 is 33.1 Å². The van der Waals surface area contributed by atoms with Crippen LogP contribution in [0.5, 0.6) is 0 Å². The Morgan fingerprint density at radius 3 is 2.17 bits per heavy atom. The molecule has 1 atom stereocenters. The molecule has 30 heavy (non-hydrogen) atoms. The number of nitrogens with two attached hydrogens (primary N) is 2. The number of benzene rings is 2. The first-order valence-corrected chi connectivity index (χ1v) is 10.7. The predicted molar refractivity (Wildman–Crippen MR) is 108 cm³/mol. The molecule has 0 spiro atoms.